The maximum Gasteiger partial charge on any atom is 0.283 e. The highest BCUT2D eigenvalue weighted by atomic mass is 32.2. The molecule has 9 nitrogen and oxygen atoms in total. The lowest BCUT2D eigenvalue weighted by Gasteiger charge is -2.27. The summed E-state index contributed by atoms with van der Waals surface area (Å²) in [5.41, 5.74) is 11.3. The number of nitrogens with one attached hydrogen (secondary N) is 1. The van der Waals surface area contributed by atoms with Crippen LogP contribution >= 0.6 is 0 Å². The van der Waals surface area contributed by atoms with Gasteiger partial charge < -0.3 is 4.90 Å². The summed E-state index contributed by atoms with van der Waals surface area (Å²) < 4.78 is 63.4. The van der Waals surface area contributed by atoms with Crippen LogP contribution in [-0.2, 0) is 35.4 Å². The highest BCUT2D eigenvalue weighted by Crippen LogP contribution is 2.48. The van der Waals surface area contributed by atoms with E-state index in [9.17, 15) is 21.4 Å². The minimum absolute atomic E-state index is 0.0511. The van der Waals surface area contributed by atoms with Crippen LogP contribution in [0.2, 0.25) is 0 Å². The van der Waals surface area contributed by atoms with Gasteiger partial charge in [0.25, 0.3) is 20.2 Å². The summed E-state index contributed by atoms with van der Waals surface area (Å²) in [7, 11) is -7.63. The zero-order valence-corrected chi connectivity index (χ0v) is 29.9. The Morgan fingerprint density at radius 3 is 2.22 bits per heavy atom. The SMILES string of the molecule is CCNOS(=O)(=O)CCCC[N+]1=C(C=CC=C2N(CCCCS(=O)(=O)O)c3ccc(C)cc3C2(C)C)C(C)(C)c2cc(C)ccc21. The standard InChI is InChI=1S/C35H49N3O6S2/c1-8-36-44-46(42,43)23-12-10-21-38-31-19-17-27(3)25-29(31)35(6,7)33(38)15-13-14-32-34(4,5)28-24-26(2)16-18-30(28)37(32)20-9-11-22-45(39,40)41/h13-19,24-25,36H,8-12,20-23H2,1-7H3/p+1. The molecule has 0 bridgehead atoms. The third-order valence-corrected chi connectivity index (χ3v) is 11.0. The molecule has 0 amide bonds. The van der Waals surface area contributed by atoms with Crippen molar-refractivity contribution < 1.29 is 30.2 Å². The number of nitrogens with zero attached hydrogens (tertiary/aromatic N) is 2. The summed E-state index contributed by atoms with van der Waals surface area (Å²) in [4.78, 5) is 2.28. The van der Waals surface area contributed by atoms with Crippen LogP contribution in [0.3, 0.4) is 0 Å². The van der Waals surface area contributed by atoms with E-state index in [2.05, 4.69) is 111 Å². The molecule has 0 atom stereocenters. The van der Waals surface area contributed by atoms with Crippen LogP contribution in [0.5, 0.6) is 0 Å². The Bertz CT molecular complexity index is 1760. The quantitative estimate of drug-likeness (QED) is 0.0990. The van der Waals surface area contributed by atoms with Gasteiger partial charge in [0.15, 0.2) is 5.71 Å². The van der Waals surface area contributed by atoms with E-state index in [1.54, 1.807) is 6.92 Å². The molecule has 0 saturated carbocycles. The van der Waals surface area contributed by atoms with Crippen LogP contribution in [0.4, 0.5) is 11.4 Å². The van der Waals surface area contributed by atoms with Crippen LogP contribution < -0.4 is 10.4 Å². The maximum absolute atomic E-state index is 12.2. The Morgan fingerprint density at radius 1 is 0.891 bits per heavy atom. The van der Waals surface area contributed by atoms with Gasteiger partial charge in [0, 0.05) is 54.0 Å². The molecule has 0 fully saturated rings. The highest BCUT2D eigenvalue weighted by molar-refractivity contribution is 7.86. The molecule has 0 saturated heterocycles. The minimum Gasteiger partial charge on any atom is -0.344 e. The number of benzene rings is 2. The number of hydrogen-bond donors (Lipinski definition) is 2. The van der Waals surface area contributed by atoms with Crippen molar-refractivity contribution in [2.75, 3.05) is 36.0 Å². The molecule has 2 heterocycles. The molecule has 46 heavy (non-hydrogen) atoms. The largest absolute Gasteiger partial charge is 0.344 e. The van der Waals surface area contributed by atoms with E-state index in [-0.39, 0.29) is 22.3 Å². The van der Waals surface area contributed by atoms with Crippen molar-refractivity contribution in [1.82, 2.24) is 5.48 Å². The third kappa shape index (κ3) is 8.17. The fourth-order valence-electron chi connectivity index (χ4n) is 6.58. The topological polar surface area (TPSA) is 116 Å². The number of aryl methyl sites for hydroxylation is 2. The van der Waals surface area contributed by atoms with Crippen molar-refractivity contribution in [2.45, 2.75) is 85.0 Å². The van der Waals surface area contributed by atoms with Crippen molar-refractivity contribution in [3.8, 4) is 0 Å². The fraction of sp³-hybridized carbons (Fsp3) is 0.514. The number of anilines is 1. The zero-order chi connectivity index (χ0) is 33.9. The molecule has 0 aliphatic carbocycles. The van der Waals surface area contributed by atoms with Gasteiger partial charge in [0.1, 0.15) is 6.54 Å². The van der Waals surface area contributed by atoms with Gasteiger partial charge in [-0.05, 0) is 70.7 Å². The molecule has 252 valence electrons. The zero-order valence-electron chi connectivity index (χ0n) is 28.3. The van der Waals surface area contributed by atoms with Gasteiger partial charge in [0.2, 0.25) is 5.69 Å². The number of rotatable bonds is 15. The molecular weight excluding hydrogens is 623 g/mol. The van der Waals surface area contributed by atoms with Crippen molar-refractivity contribution in [3.05, 3.63) is 82.6 Å². The average molecular weight is 673 g/mol. The van der Waals surface area contributed by atoms with E-state index in [4.69, 9.17) is 4.28 Å². The first-order valence-corrected chi connectivity index (χ1v) is 19.3. The molecule has 0 radical (unpaired) electrons. The van der Waals surface area contributed by atoms with Crippen LogP contribution in [0, 0.1) is 13.8 Å². The molecule has 2 aliphatic heterocycles. The Hall–Kier alpha value is -2.83. The van der Waals surface area contributed by atoms with E-state index >= 15 is 0 Å². The highest BCUT2D eigenvalue weighted by Gasteiger charge is 2.44. The second-order valence-electron chi connectivity index (χ2n) is 13.4. The fourth-order valence-corrected chi connectivity index (χ4v) is 8.09. The Kier molecular flexibility index (Phi) is 11.0. The number of fused-ring (bicyclic) bond motifs is 2. The number of allylic oxidation sites excluding steroid dienone is 4. The summed E-state index contributed by atoms with van der Waals surface area (Å²) >= 11 is 0. The minimum atomic E-state index is -4.00. The predicted molar refractivity (Wildman–Crippen MR) is 186 cm³/mol. The average Bonchev–Trinajstić information content (AvgIpc) is 3.30. The Morgan fingerprint density at radius 2 is 1.54 bits per heavy atom. The Balaban J connectivity index is 1.65. The van der Waals surface area contributed by atoms with E-state index in [0.29, 0.717) is 45.3 Å². The summed E-state index contributed by atoms with van der Waals surface area (Å²) in [5.74, 6) is -0.299. The molecule has 2 N–H and O–H groups in total. The first-order valence-electron chi connectivity index (χ1n) is 16.1. The molecule has 0 unspecified atom stereocenters. The van der Waals surface area contributed by atoms with Crippen molar-refractivity contribution in [2.24, 2.45) is 0 Å². The molecule has 4 rings (SSSR count). The van der Waals surface area contributed by atoms with Crippen LogP contribution in [0.25, 0.3) is 0 Å². The van der Waals surface area contributed by atoms with Crippen LogP contribution in [0.1, 0.15) is 82.6 Å². The molecule has 2 aliphatic rings. The van der Waals surface area contributed by atoms with Gasteiger partial charge in [-0.25, -0.2) is 0 Å². The van der Waals surface area contributed by atoms with Gasteiger partial charge in [-0.3, -0.25) is 4.55 Å². The first kappa shape index (κ1) is 36.0. The summed E-state index contributed by atoms with van der Waals surface area (Å²) in [6.45, 7) is 16.6. The van der Waals surface area contributed by atoms with Gasteiger partial charge >= 0.3 is 0 Å². The number of hydrogen-bond acceptors (Lipinski definition) is 7. The van der Waals surface area contributed by atoms with Gasteiger partial charge in [-0.1, -0.05) is 56.2 Å². The molecule has 0 aromatic heterocycles. The second-order valence-corrected chi connectivity index (χ2v) is 16.7. The van der Waals surface area contributed by atoms with Crippen molar-refractivity contribution >= 4 is 37.3 Å². The van der Waals surface area contributed by atoms with Gasteiger partial charge in [-0.15, -0.1) is 0 Å². The molecule has 11 heteroatoms. The Labute approximate surface area is 275 Å². The molecular formula is C35H50N3O6S2+. The van der Waals surface area contributed by atoms with Gasteiger partial charge in [-0.2, -0.15) is 31.2 Å². The van der Waals surface area contributed by atoms with E-state index in [1.165, 1.54) is 22.3 Å². The number of hydroxylamine groups is 1. The maximum atomic E-state index is 12.2. The van der Waals surface area contributed by atoms with Crippen LogP contribution in [-0.4, -0.2) is 62.8 Å². The first-order chi connectivity index (χ1) is 21.5. The lowest BCUT2D eigenvalue weighted by molar-refractivity contribution is -0.438. The van der Waals surface area contributed by atoms with Gasteiger partial charge in [0.05, 0.1) is 16.9 Å². The third-order valence-electron chi connectivity index (χ3n) is 8.99. The van der Waals surface area contributed by atoms with E-state index in [0.717, 1.165) is 22.8 Å². The molecule has 2 aromatic rings. The monoisotopic (exact) mass is 672 g/mol. The molecule has 2 aromatic carbocycles. The normalized spacial score (nSPS) is 18.2. The van der Waals surface area contributed by atoms with E-state index < -0.39 is 20.2 Å². The second kappa shape index (κ2) is 14.1. The predicted octanol–water partition coefficient (Wildman–Crippen LogP) is 6.24. The van der Waals surface area contributed by atoms with Crippen molar-refractivity contribution in [1.29, 1.82) is 0 Å². The lowest BCUT2D eigenvalue weighted by atomic mass is 9.80. The van der Waals surface area contributed by atoms with Crippen molar-refractivity contribution in [3.63, 3.8) is 0 Å². The summed E-state index contributed by atoms with van der Waals surface area (Å²) in [6.07, 6.45) is 8.60. The molecule has 0 spiro atoms. The smallest absolute Gasteiger partial charge is 0.283 e. The summed E-state index contributed by atoms with van der Waals surface area (Å²) in [6, 6.07) is 13.0. The summed E-state index contributed by atoms with van der Waals surface area (Å²) in [5, 5.41) is 0. The van der Waals surface area contributed by atoms with Crippen LogP contribution in [0.15, 0.2) is 60.3 Å². The number of unbranched alkanes of at least 4 members (excludes halogenated alkanes) is 2. The van der Waals surface area contributed by atoms with E-state index in [1.807, 2.05) is 0 Å². The lowest BCUT2D eigenvalue weighted by Crippen LogP contribution is -2.28.